The molecule has 2 unspecified atom stereocenters. The number of aliphatic imine (C=N–C) groups is 2. The lowest BCUT2D eigenvalue weighted by molar-refractivity contribution is -0.134. The highest BCUT2D eigenvalue weighted by Crippen LogP contribution is 2.62. The molecule has 4 N–H and O–H groups in total. The molecule has 3 amide bonds. The van der Waals surface area contributed by atoms with E-state index in [9.17, 15) is 14.4 Å². The molecule has 2 fully saturated rings. The summed E-state index contributed by atoms with van der Waals surface area (Å²) >= 11 is 3.43. The van der Waals surface area contributed by atoms with Crippen molar-refractivity contribution in [1.29, 1.82) is 0 Å². The molecule has 0 bridgehead atoms. The molecule has 14 heteroatoms. The molecule has 1 saturated carbocycles. The number of fused-ring (bicyclic) bond motifs is 4. The van der Waals surface area contributed by atoms with E-state index in [4.69, 9.17) is 19.5 Å². The maximum Gasteiger partial charge on any atom is 0.407 e. The Morgan fingerprint density at radius 1 is 1.02 bits per heavy atom. The molecule has 12 nitrogen and oxygen atoms in total. The zero-order valence-corrected chi connectivity index (χ0v) is 34.2. The Labute approximate surface area is 333 Å². The van der Waals surface area contributed by atoms with Crippen LogP contribution in [0.2, 0.25) is 0 Å². The maximum atomic E-state index is 13.8. The lowest BCUT2D eigenvalue weighted by atomic mass is 9.82. The number of nitrogens with zero attached hydrogens (tertiary/aromatic N) is 3. The third-order valence-corrected chi connectivity index (χ3v) is 13.7. The van der Waals surface area contributed by atoms with E-state index < -0.39 is 12.1 Å². The Bertz CT molecular complexity index is 1830. The number of benzene rings is 2. The van der Waals surface area contributed by atoms with Crippen LogP contribution in [-0.2, 0) is 19.7 Å². The van der Waals surface area contributed by atoms with Gasteiger partial charge in [-0.15, -0.1) is 23.5 Å². The van der Waals surface area contributed by atoms with Gasteiger partial charge >= 0.3 is 6.09 Å². The molecule has 296 valence electrons. The summed E-state index contributed by atoms with van der Waals surface area (Å²) in [7, 11) is 1.32. The average Bonchev–Trinajstić information content (AvgIpc) is 3.55. The first-order chi connectivity index (χ1) is 26.6. The van der Waals surface area contributed by atoms with Gasteiger partial charge in [0.2, 0.25) is 11.8 Å². The predicted octanol–water partition coefficient (Wildman–Crippen LogP) is 6.26. The van der Waals surface area contributed by atoms with Gasteiger partial charge < -0.3 is 35.6 Å². The van der Waals surface area contributed by atoms with Crippen LogP contribution in [-0.4, -0.2) is 90.0 Å². The van der Waals surface area contributed by atoms with Crippen LogP contribution in [0.3, 0.4) is 0 Å². The van der Waals surface area contributed by atoms with E-state index in [0.717, 1.165) is 72.3 Å². The van der Waals surface area contributed by atoms with Crippen molar-refractivity contribution in [2.75, 3.05) is 43.5 Å². The summed E-state index contributed by atoms with van der Waals surface area (Å²) in [6, 6.07) is 12.5. The van der Waals surface area contributed by atoms with E-state index in [2.05, 4.69) is 71.5 Å². The van der Waals surface area contributed by atoms with E-state index in [0.29, 0.717) is 37.2 Å². The van der Waals surface area contributed by atoms with Crippen LogP contribution in [0.5, 0.6) is 11.5 Å². The number of carbonyl (C=O) groups excluding carboxylic acids is 3. The summed E-state index contributed by atoms with van der Waals surface area (Å²) in [5, 5.41) is 13.1. The third kappa shape index (κ3) is 8.45. The Morgan fingerprint density at radius 3 is 2.55 bits per heavy atom. The monoisotopic (exact) mass is 789 g/mol. The van der Waals surface area contributed by atoms with Crippen LogP contribution in [0.25, 0.3) is 0 Å². The van der Waals surface area contributed by atoms with E-state index >= 15 is 0 Å². The second-order valence-corrected chi connectivity index (χ2v) is 17.7. The fourth-order valence-electron chi connectivity index (χ4n) is 7.91. The quantitative estimate of drug-likeness (QED) is 0.121. The lowest BCUT2D eigenvalue weighted by Crippen LogP contribution is -2.55. The molecule has 4 aliphatic heterocycles. The highest BCUT2D eigenvalue weighted by Gasteiger charge is 2.52. The maximum absolute atomic E-state index is 13.8. The molecule has 55 heavy (non-hydrogen) atoms. The first kappa shape index (κ1) is 39.3. The van der Waals surface area contributed by atoms with Gasteiger partial charge in [-0.05, 0) is 54.0 Å². The summed E-state index contributed by atoms with van der Waals surface area (Å²) in [6.07, 6.45) is 4.76. The molecule has 0 aromatic heterocycles. The number of alkyl carbamates (subject to hydrolysis) is 1. The lowest BCUT2D eigenvalue weighted by Gasteiger charge is -2.31. The minimum absolute atomic E-state index is 0.00427. The van der Waals surface area contributed by atoms with Gasteiger partial charge in [0.25, 0.3) is 0 Å². The Balaban J connectivity index is 0.950. The zero-order chi connectivity index (χ0) is 38.7. The third-order valence-electron chi connectivity index (χ3n) is 11.9. The highest BCUT2D eigenvalue weighted by molar-refractivity contribution is 7.99. The number of nitrogens with one attached hydrogen (secondary N) is 4. The number of carbonyl (C=O) groups is 3. The standard InChI is InChI=1S/C41H55N7O5S2/c1-6-24(3)16-36(49)44-22-54-15-12-35-42-19-30(45-35)27-8-10-28-34(18-27)53-33-11-9-26(17-29(33)41(28)13-14-41)31-20-43-38(46-31)32-21-55-23-48(32)39(50)37(25(4)7-2)47-40(51)52-5/h8-11,17-18,24-25,30-32,37H,6-7,12-16,19-23H2,1-5H3,(H,42,45)(H,43,46)(H,44,49)(H,47,51)/t24-,25-,30?,31?,32-,37-/m0/s1. The SMILES string of the molecule is CC[C@H](C)CC(=O)NCSCCC1=NCC(c2ccc3c(c2)Oc2ccc(C4CN=C([C@@H]5CSCN5C(=O)[C@@H](NC(=O)OC)[C@@H](C)CC)N4)cc2C32CC2)N1. The summed E-state index contributed by atoms with van der Waals surface area (Å²) in [6.45, 7) is 9.50. The Morgan fingerprint density at radius 2 is 1.78 bits per heavy atom. The molecule has 7 rings (SSSR count). The van der Waals surface area contributed by atoms with E-state index in [-0.39, 0.29) is 41.3 Å². The van der Waals surface area contributed by atoms with E-state index in [1.807, 2.05) is 18.7 Å². The Hall–Kier alpha value is -3.91. The van der Waals surface area contributed by atoms with E-state index in [1.54, 1.807) is 23.5 Å². The fourth-order valence-corrected chi connectivity index (χ4v) is 9.83. The average molecular weight is 790 g/mol. The van der Waals surface area contributed by atoms with Gasteiger partial charge in [0, 0.05) is 40.9 Å². The number of amides is 3. The molecule has 6 atom stereocenters. The highest BCUT2D eigenvalue weighted by atomic mass is 32.2. The van der Waals surface area contributed by atoms with Crippen molar-refractivity contribution in [2.24, 2.45) is 21.8 Å². The van der Waals surface area contributed by atoms with Crippen LogP contribution in [0.15, 0.2) is 46.4 Å². The summed E-state index contributed by atoms with van der Waals surface area (Å²) in [5.41, 5.74) is 4.77. The molecule has 1 spiro atoms. The summed E-state index contributed by atoms with van der Waals surface area (Å²) < 4.78 is 11.5. The van der Waals surface area contributed by atoms with Gasteiger partial charge in [0.15, 0.2) is 0 Å². The largest absolute Gasteiger partial charge is 0.457 e. The summed E-state index contributed by atoms with van der Waals surface area (Å²) in [4.78, 5) is 49.5. The number of rotatable bonds is 15. The Kier molecular flexibility index (Phi) is 12.2. The van der Waals surface area contributed by atoms with Crippen molar-refractivity contribution in [3.8, 4) is 11.5 Å². The smallest absolute Gasteiger partial charge is 0.407 e. The van der Waals surface area contributed by atoms with Gasteiger partial charge in [0.05, 0.1) is 55.9 Å². The number of hydrogen-bond acceptors (Lipinski definition) is 11. The molecule has 1 saturated heterocycles. The topological polar surface area (TPSA) is 146 Å². The molecule has 5 aliphatic rings. The van der Waals surface area contributed by atoms with Crippen LogP contribution < -0.4 is 26.0 Å². The summed E-state index contributed by atoms with van der Waals surface area (Å²) in [5.74, 6) is 6.90. The van der Waals surface area contributed by atoms with Crippen molar-refractivity contribution in [2.45, 2.75) is 95.8 Å². The molecular weight excluding hydrogens is 735 g/mol. The molecule has 1 aliphatic carbocycles. The van der Waals surface area contributed by atoms with Crippen LogP contribution >= 0.6 is 23.5 Å². The second kappa shape index (κ2) is 17.1. The van der Waals surface area contributed by atoms with Gasteiger partial charge in [0.1, 0.15) is 23.4 Å². The van der Waals surface area contributed by atoms with Crippen molar-refractivity contribution < 1.29 is 23.9 Å². The van der Waals surface area contributed by atoms with E-state index in [1.165, 1.54) is 23.8 Å². The molecular formula is C41H55N7O5S2. The fraction of sp³-hybridized carbons (Fsp3) is 0.585. The van der Waals surface area contributed by atoms with Crippen LogP contribution in [0.1, 0.15) is 101 Å². The predicted molar refractivity (Wildman–Crippen MR) is 220 cm³/mol. The number of methoxy groups -OCH3 is 1. The zero-order valence-electron chi connectivity index (χ0n) is 32.6. The van der Waals surface area contributed by atoms with Crippen molar-refractivity contribution in [3.05, 3.63) is 58.7 Å². The number of hydrogen-bond donors (Lipinski definition) is 4. The molecule has 2 aromatic carbocycles. The van der Waals surface area contributed by atoms with Gasteiger partial charge in [-0.2, -0.15) is 0 Å². The number of thioether (sulfide) groups is 2. The second-order valence-electron chi connectivity index (χ2n) is 15.5. The van der Waals surface area contributed by atoms with Gasteiger partial charge in [-0.1, -0.05) is 58.7 Å². The number of ether oxygens (including phenoxy) is 2. The first-order valence-electron chi connectivity index (χ1n) is 19.8. The molecule has 2 aromatic rings. The normalized spacial score (nSPS) is 23.2. The van der Waals surface area contributed by atoms with Crippen molar-refractivity contribution >= 4 is 53.1 Å². The molecule has 0 radical (unpaired) electrons. The molecule has 4 heterocycles. The minimum atomic E-state index is -0.660. The van der Waals surface area contributed by atoms with Gasteiger partial charge in [-0.25, -0.2) is 4.79 Å². The van der Waals surface area contributed by atoms with Crippen LogP contribution in [0.4, 0.5) is 4.79 Å². The number of amidine groups is 2. The first-order valence-corrected chi connectivity index (χ1v) is 22.1. The van der Waals surface area contributed by atoms with Gasteiger partial charge in [-0.3, -0.25) is 19.6 Å². The van der Waals surface area contributed by atoms with Crippen molar-refractivity contribution in [3.63, 3.8) is 0 Å². The van der Waals surface area contributed by atoms with Crippen LogP contribution in [0, 0.1) is 11.8 Å². The minimum Gasteiger partial charge on any atom is -0.457 e. The van der Waals surface area contributed by atoms with Crippen molar-refractivity contribution in [1.82, 2.24) is 26.2 Å².